The Hall–Kier alpha value is -3.54. The monoisotopic (exact) mass is 347 g/mol. The fraction of sp³-hybridized carbons (Fsp3) is 0.100. The topological polar surface area (TPSA) is 81.2 Å². The van der Waals surface area contributed by atoms with Crippen LogP contribution in [0.4, 0.5) is 5.69 Å². The van der Waals surface area contributed by atoms with Gasteiger partial charge in [0.15, 0.2) is 5.78 Å². The third-order valence-corrected chi connectivity index (χ3v) is 3.63. The van der Waals surface area contributed by atoms with Crippen molar-refractivity contribution in [2.24, 2.45) is 0 Å². The molecule has 0 unspecified atom stereocenters. The molecule has 0 fully saturated rings. The number of amides is 1. The molecule has 0 bridgehead atoms. The highest BCUT2D eigenvalue weighted by molar-refractivity contribution is 6.04. The number of hydrogen-bond donors (Lipinski definition) is 1. The molecule has 0 saturated carbocycles. The van der Waals surface area contributed by atoms with Crippen LogP contribution in [0.3, 0.4) is 0 Å². The molecule has 0 radical (unpaired) electrons. The van der Waals surface area contributed by atoms with Crippen molar-refractivity contribution in [3.63, 3.8) is 0 Å². The van der Waals surface area contributed by atoms with Gasteiger partial charge in [-0.05, 0) is 24.6 Å². The summed E-state index contributed by atoms with van der Waals surface area (Å²) in [5.74, 6) is -0.163. The summed E-state index contributed by atoms with van der Waals surface area (Å²) in [6.07, 6.45) is 1.28. The molecular weight excluding hydrogens is 330 g/mol. The van der Waals surface area contributed by atoms with Crippen LogP contribution in [0.2, 0.25) is 0 Å². The molecular formula is C20H17N3O3. The number of ketones is 1. The summed E-state index contributed by atoms with van der Waals surface area (Å²) in [5, 5.41) is 2.72. The van der Waals surface area contributed by atoms with Crippen LogP contribution in [-0.4, -0.2) is 21.7 Å². The van der Waals surface area contributed by atoms with Gasteiger partial charge in [-0.3, -0.25) is 9.59 Å². The summed E-state index contributed by atoms with van der Waals surface area (Å²) in [5.41, 5.74) is 2.22. The molecule has 26 heavy (non-hydrogen) atoms. The van der Waals surface area contributed by atoms with Crippen LogP contribution in [0.1, 0.15) is 33.3 Å². The van der Waals surface area contributed by atoms with Gasteiger partial charge in [0.05, 0.1) is 0 Å². The lowest BCUT2D eigenvalue weighted by molar-refractivity contribution is 0.100. The Morgan fingerprint density at radius 3 is 2.58 bits per heavy atom. The van der Waals surface area contributed by atoms with Crippen molar-refractivity contribution < 1.29 is 14.3 Å². The zero-order valence-electron chi connectivity index (χ0n) is 14.2. The zero-order chi connectivity index (χ0) is 18.4. The number of anilines is 1. The molecule has 1 aromatic heterocycles. The highest BCUT2D eigenvalue weighted by atomic mass is 16.5. The predicted octanol–water partition coefficient (Wildman–Crippen LogP) is 3.51. The van der Waals surface area contributed by atoms with Gasteiger partial charge >= 0.3 is 0 Å². The normalized spacial score (nSPS) is 10.2. The van der Waals surface area contributed by atoms with Crippen molar-refractivity contribution in [3.8, 4) is 5.88 Å². The Morgan fingerprint density at radius 1 is 1.00 bits per heavy atom. The molecule has 0 aliphatic rings. The first-order chi connectivity index (χ1) is 12.6. The minimum Gasteiger partial charge on any atom is -0.473 e. The number of carbonyl (C=O) groups is 2. The van der Waals surface area contributed by atoms with Crippen LogP contribution >= 0.6 is 0 Å². The van der Waals surface area contributed by atoms with Crippen molar-refractivity contribution in [1.29, 1.82) is 0 Å². The molecule has 0 aliphatic heterocycles. The Balaban J connectivity index is 1.68. The van der Waals surface area contributed by atoms with E-state index >= 15 is 0 Å². The largest absolute Gasteiger partial charge is 0.473 e. The molecule has 1 amide bonds. The number of rotatable bonds is 6. The Morgan fingerprint density at radius 2 is 1.81 bits per heavy atom. The second kappa shape index (κ2) is 8.02. The number of nitrogens with zero attached hydrogens (tertiary/aromatic N) is 2. The molecule has 6 heteroatoms. The average Bonchev–Trinajstić information content (AvgIpc) is 2.67. The second-order valence-electron chi connectivity index (χ2n) is 5.61. The number of Topliss-reactive ketones (excluding diaryl/α,β-unsaturated/α-hetero) is 1. The van der Waals surface area contributed by atoms with Crippen molar-refractivity contribution in [3.05, 3.63) is 83.8 Å². The minimum atomic E-state index is -0.405. The van der Waals surface area contributed by atoms with Crippen molar-refractivity contribution >= 4 is 17.4 Å². The summed E-state index contributed by atoms with van der Waals surface area (Å²) in [4.78, 5) is 31.8. The summed E-state index contributed by atoms with van der Waals surface area (Å²) < 4.78 is 5.61. The first-order valence-corrected chi connectivity index (χ1v) is 8.03. The molecule has 0 saturated heterocycles. The molecule has 3 rings (SSSR count). The standard InChI is InChI=1S/C20H17N3O3/c1-14(24)16-8-5-9-17(10-16)23-20(25)18-11-19(22-13-21-18)26-12-15-6-3-2-4-7-15/h2-11,13H,12H2,1H3,(H,23,25). The SMILES string of the molecule is CC(=O)c1cccc(NC(=O)c2cc(OCc3ccccc3)ncn2)c1. The average molecular weight is 347 g/mol. The first kappa shape index (κ1) is 17.3. The van der Waals surface area contributed by atoms with Crippen molar-refractivity contribution in [2.45, 2.75) is 13.5 Å². The number of ether oxygens (including phenoxy) is 1. The van der Waals surface area contributed by atoms with Crippen LogP contribution in [0.15, 0.2) is 67.0 Å². The molecule has 0 aliphatic carbocycles. The highest BCUT2D eigenvalue weighted by Gasteiger charge is 2.11. The highest BCUT2D eigenvalue weighted by Crippen LogP contribution is 2.14. The number of aromatic nitrogens is 2. The van der Waals surface area contributed by atoms with Crippen molar-refractivity contribution in [1.82, 2.24) is 9.97 Å². The van der Waals surface area contributed by atoms with E-state index in [0.29, 0.717) is 23.7 Å². The van der Waals surface area contributed by atoms with Gasteiger partial charge in [0.1, 0.15) is 18.6 Å². The van der Waals surface area contributed by atoms with Gasteiger partial charge in [-0.1, -0.05) is 42.5 Å². The van der Waals surface area contributed by atoms with Crippen LogP contribution in [0.25, 0.3) is 0 Å². The van der Waals surface area contributed by atoms with Gasteiger partial charge in [0.2, 0.25) is 5.88 Å². The molecule has 6 nitrogen and oxygen atoms in total. The Kier molecular flexibility index (Phi) is 5.34. The van der Waals surface area contributed by atoms with Crippen LogP contribution in [0.5, 0.6) is 5.88 Å². The zero-order valence-corrected chi connectivity index (χ0v) is 14.2. The number of nitrogens with one attached hydrogen (secondary N) is 1. The molecule has 3 aromatic rings. The van der Waals surface area contributed by atoms with E-state index in [-0.39, 0.29) is 11.5 Å². The number of hydrogen-bond acceptors (Lipinski definition) is 5. The second-order valence-corrected chi connectivity index (χ2v) is 5.61. The molecule has 130 valence electrons. The lowest BCUT2D eigenvalue weighted by Crippen LogP contribution is -2.14. The van der Waals surface area contributed by atoms with Gasteiger partial charge in [0.25, 0.3) is 5.91 Å². The predicted molar refractivity (Wildman–Crippen MR) is 97.2 cm³/mol. The first-order valence-electron chi connectivity index (χ1n) is 8.03. The smallest absolute Gasteiger partial charge is 0.274 e. The van der Waals surface area contributed by atoms with Gasteiger partial charge in [-0.15, -0.1) is 0 Å². The number of benzene rings is 2. The third-order valence-electron chi connectivity index (χ3n) is 3.63. The maximum absolute atomic E-state index is 12.4. The van der Waals surface area contributed by atoms with Gasteiger partial charge in [-0.2, -0.15) is 0 Å². The lowest BCUT2D eigenvalue weighted by atomic mass is 10.1. The van der Waals surface area contributed by atoms with E-state index in [2.05, 4.69) is 15.3 Å². The Bertz CT molecular complexity index is 926. The maximum atomic E-state index is 12.4. The summed E-state index contributed by atoms with van der Waals surface area (Å²) >= 11 is 0. The molecule has 0 spiro atoms. The summed E-state index contributed by atoms with van der Waals surface area (Å²) in [6.45, 7) is 1.82. The molecule has 0 atom stereocenters. The van der Waals surface area contributed by atoms with Gasteiger partial charge in [-0.25, -0.2) is 9.97 Å². The maximum Gasteiger partial charge on any atom is 0.274 e. The fourth-order valence-corrected chi connectivity index (χ4v) is 2.29. The molecule has 1 N–H and O–H groups in total. The quantitative estimate of drug-likeness (QED) is 0.690. The summed E-state index contributed by atoms with van der Waals surface area (Å²) in [6, 6.07) is 17.9. The summed E-state index contributed by atoms with van der Waals surface area (Å²) in [7, 11) is 0. The lowest BCUT2D eigenvalue weighted by Gasteiger charge is -2.08. The Labute approximate surface area is 150 Å². The van der Waals surface area contributed by atoms with E-state index in [1.165, 1.54) is 19.3 Å². The van der Waals surface area contributed by atoms with E-state index in [1.807, 2.05) is 30.3 Å². The fourth-order valence-electron chi connectivity index (χ4n) is 2.29. The number of carbonyl (C=O) groups excluding carboxylic acids is 2. The van der Waals surface area contributed by atoms with Gasteiger partial charge in [0, 0.05) is 17.3 Å². The van der Waals surface area contributed by atoms with E-state index in [4.69, 9.17) is 4.74 Å². The molecule has 1 heterocycles. The van der Waals surface area contributed by atoms with Gasteiger partial charge < -0.3 is 10.1 Å². The van der Waals surface area contributed by atoms with Crippen LogP contribution < -0.4 is 10.1 Å². The van der Waals surface area contributed by atoms with Crippen molar-refractivity contribution in [2.75, 3.05) is 5.32 Å². The van der Waals surface area contributed by atoms with Crippen LogP contribution in [0, 0.1) is 0 Å². The van der Waals surface area contributed by atoms with Crippen LogP contribution in [-0.2, 0) is 6.61 Å². The van der Waals surface area contributed by atoms with E-state index in [9.17, 15) is 9.59 Å². The molecule has 2 aromatic carbocycles. The van der Waals surface area contributed by atoms with E-state index in [0.717, 1.165) is 5.56 Å². The minimum absolute atomic E-state index is 0.0697. The third kappa shape index (κ3) is 4.51. The van der Waals surface area contributed by atoms with E-state index < -0.39 is 5.91 Å². The van der Waals surface area contributed by atoms with E-state index in [1.54, 1.807) is 24.3 Å².